The number of hydrogen-bond acceptors (Lipinski definition) is 4. The van der Waals surface area contributed by atoms with Gasteiger partial charge in [0.1, 0.15) is 6.10 Å². The Morgan fingerprint density at radius 3 is 2.58 bits per heavy atom. The summed E-state index contributed by atoms with van der Waals surface area (Å²) in [4.78, 5) is 16.6. The van der Waals surface area contributed by atoms with Crippen molar-refractivity contribution in [3.63, 3.8) is 0 Å². The summed E-state index contributed by atoms with van der Waals surface area (Å²) in [7, 11) is 1.62. The van der Waals surface area contributed by atoms with Gasteiger partial charge in [0.05, 0.1) is 23.0 Å². The van der Waals surface area contributed by atoms with E-state index in [0.717, 1.165) is 0 Å². The molecule has 1 saturated carbocycles. The monoisotopic (exact) mass is 273 g/mol. The molecule has 2 atom stereocenters. The minimum absolute atomic E-state index is 0.314. The first-order valence-electron chi connectivity index (χ1n) is 6.37. The Morgan fingerprint density at radius 1 is 1.58 bits per heavy atom. The van der Waals surface area contributed by atoms with Crippen molar-refractivity contribution in [1.82, 2.24) is 5.01 Å². The number of nitrogens with zero attached hydrogens (tertiary/aromatic N) is 3. The van der Waals surface area contributed by atoms with Crippen LogP contribution in [0.25, 0.3) is 0 Å². The van der Waals surface area contributed by atoms with Crippen LogP contribution in [0.1, 0.15) is 47.0 Å². The molecule has 0 saturated heterocycles. The highest BCUT2D eigenvalue weighted by Gasteiger charge is 2.43. The molecule has 0 aromatic rings. The minimum atomic E-state index is -0.829. The van der Waals surface area contributed by atoms with Gasteiger partial charge in [-0.15, -0.1) is 5.01 Å². The molecule has 0 unspecified atom stereocenters. The fourth-order valence-electron chi connectivity index (χ4n) is 1.89. The molecule has 0 bridgehead atoms. The second-order valence-electron chi connectivity index (χ2n) is 6.36. The summed E-state index contributed by atoms with van der Waals surface area (Å²) < 4.78 is 0. The third kappa shape index (κ3) is 3.71. The van der Waals surface area contributed by atoms with Gasteiger partial charge in [-0.1, -0.05) is 0 Å². The molecular weight excluding hydrogens is 250 g/mol. The first-order valence-corrected chi connectivity index (χ1v) is 6.37. The largest absolute Gasteiger partial charge is 0.569 e. The summed E-state index contributed by atoms with van der Waals surface area (Å²) in [5.74, 6) is -0.829. The number of rotatable bonds is 4. The zero-order chi connectivity index (χ0) is 14.8. The van der Waals surface area contributed by atoms with Gasteiger partial charge >= 0.3 is 5.97 Å². The number of hydrogen-bond donors (Lipinski definition) is 1. The molecule has 1 rings (SSSR count). The first-order chi connectivity index (χ1) is 8.56. The fraction of sp³-hybridized carbons (Fsp3) is 0.917. The zero-order valence-electron chi connectivity index (χ0n) is 12.2. The van der Waals surface area contributed by atoms with E-state index in [4.69, 9.17) is 9.94 Å². The van der Waals surface area contributed by atoms with Crippen LogP contribution in [0.4, 0.5) is 0 Å². The molecule has 0 spiro atoms. The third-order valence-corrected chi connectivity index (χ3v) is 3.71. The number of aliphatic carboxylic acids is 1. The molecule has 110 valence electrons. The highest BCUT2D eigenvalue weighted by molar-refractivity contribution is 5.74. The molecule has 0 radical (unpaired) electrons. The summed E-state index contributed by atoms with van der Waals surface area (Å²) in [6, 6.07) is 0. The van der Waals surface area contributed by atoms with E-state index < -0.39 is 11.4 Å². The van der Waals surface area contributed by atoms with Crippen molar-refractivity contribution in [2.24, 2.45) is 10.7 Å². The topological polar surface area (TPSA) is 88.2 Å². The number of carboxylic acids is 1. The van der Waals surface area contributed by atoms with Crippen molar-refractivity contribution in [2.75, 3.05) is 7.05 Å². The van der Waals surface area contributed by atoms with Crippen molar-refractivity contribution in [3.05, 3.63) is 5.21 Å². The van der Waals surface area contributed by atoms with Crippen LogP contribution < -0.4 is 0 Å². The van der Waals surface area contributed by atoms with Crippen LogP contribution >= 0.6 is 0 Å². The zero-order valence-corrected chi connectivity index (χ0v) is 12.2. The van der Waals surface area contributed by atoms with Crippen LogP contribution in [0.2, 0.25) is 0 Å². The molecule has 19 heavy (non-hydrogen) atoms. The molecule has 1 N–H and O–H groups in total. The lowest BCUT2D eigenvalue weighted by molar-refractivity contribution is -0.720. The van der Waals surface area contributed by atoms with Crippen molar-refractivity contribution in [3.8, 4) is 0 Å². The predicted molar refractivity (Wildman–Crippen MR) is 68.0 cm³/mol. The van der Waals surface area contributed by atoms with E-state index in [1.54, 1.807) is 14.0 Å². The fourth-order valence-corrected chi connectivity index (χ4v) is 1.89. The maximum atomic E-state index is 11.7. The summed E-state index contributed by atoms with van der Waals surface area (Å²) in [5, 5.41) is 25.7. The second-order valence-corrected chi connectivity index (χ2v) is 6.36. The maximum absolute atomic E-state index is 11.7. The maximum Gasteiger partial charge on any atom is 0.309 e. The molecule has 1 aliphatic rings. The van der Waals surface area contributed by atoms with E-state index in [2.05, 4.69) is 5.28 Å². The normalized spacial score (nSPS) is 28.3. The van der Waals surface area contributed by atoms with Gasteiger partial charge in [-0.2, -0.15) is 0 Å². The predicted octanol–water partition coefficient (Wildman–Crippen LogP) is 2.17. The minimum Gasteiger partial charge on any atom is -0.569 e. The van der Waals surface area contributed by atoms with Gasteiger partial charge in [0, 0.05) is 6.42 Å². The second kappa shape index (κ2) is 5.22. The van der Waals surface area contributed by atoms with E-state index >= 15 is 0 Å². The Kier molecular flexibility index (Phi) is 4.27. The third-order valence-electron chi connectivity index (χ3n) is 3.71. The molecule has 0 aromatic heterocycles. The van der Waals surface area contributed by atoms with Gasteiger partial charge in [0.15, 0.2) is 0 Å². The Balaban J connectivity index is 2.57. The molecule has 0 aliphatic heterocycles. The average molecular weight is 273 g/mol. The van der Waals surface area contributed by atoms with Crippen molar-refractivity contribution < 1.29 is 19.7 Å². The van der Waals surface area contributed by atoms with Crippen molar-refractivity contribution >= 4 is 5.97 Å². The van der Waals surface area contributed by atoms with Gasteiger partial charge in [0.2, 0.25) is 5.28 Å². The number of carboxylic acid groups (broad SMARTS) is 1. The lowest BCUT2D eigenvalue weighted by Gasteiger charge is -2.26. The summed E-state index contributed by atoms with van der Waals surface area (Å²) in [5.41, 5.74) is -1.14. The SMILES string of the molecule is CN(/[N+]([O-])=N\O[C@H]1CC[C@@](C)(C(=O)O)C1)C(C)(C)C. The Labute approximate surface area is 113 Å². The van der Waals surface area contributed by atoms with Crippen molar-refractivity contribution in [1.29, 1.82) is 0 Å². The molecule has 7 nitrogen and oxygen atoms in total. The first kappa shape index (κ1) is 15.5. The number of carbonyl (C=O) groups is 1. The highest BCUT2D eigenvalue weighted by atomic mass is 16.7. The van der Waals surface area contributed by atoms with Gasteiger partial charge in [-0.05, 0) is 40.5 Å². The summed E-state index contributed by atoms with van der Waals surface area (Å²) in [6.45, 7) is 7.33. The van der Waals surface area contributed by atoms with Crippen LogP contribution in [0.3, 0.4) is 0 Å². The lowest BCUT2D eigenvalue weighted by atomic mass is 9.89. The van der Waals surface area contributed by atoms with Crippen LogP contribution in [-0.2, 0) is 9.63 Å². The van der Waals surface area contributed by atoms with Gasteiger partial charge < -0.3 is 15.2 Å². The number of hydrazine groups is 1. The van der Waals surface area contributed by atoms with E-state index in [1.165, 1.54) is 5.01 Å². The van der Waals surface area contributed by atoms with Crippen LogP contribution in [-0.4, -0.2) is 39.7 Å². The smallest absolute Gasteiger partial charge is 0.309 e. The van der Waals surface area contributed by atoms with Crippen LogP contribution in [0.15, 0.2) is 5.28 Å². The molecule has 0 heterocycles. The van der Waals surface area contributed by atoms with E-state index in [9.17, 15) is 10.0 Å². The quantitative estimate of drug-likeness (QED) is 0.482. The van der Waals surface area contributed by atoms with Gasteiger partial charge in [-0.3, -0.25) is 4.79 Å². The summed E-state index contributed by atoms with van der Waals surface area (Å²) >= 11 is 0. The average Bonchev–Trinajstić information content (AvgIpc) is 2.67. The standard InChI is InChI=1S/C12H23N3O4/c1-11(2,3)14(5)15(18)13-19-9-6-7-12(4,8-9)10(16)17/h9H,6-8H2,1-5H3,(H,16,17)/b15-13+/t9-,12+/m0/s1. The van der Waals surface area contributed by atoms with E-state index in [1.807, 2.05) is 20.8 Å². The molecule has 0 aromatic carbocycles. The van der Waals surface area contributed by atoms with Crippen LogP contribution in [0, 0.1) is 10.6 Å². The Bertz CT molecular complexity index is 378. The van der Waals surface area contributed by atoms with Gasteiger partial charge in [-0.25, -0.2) is 0 Å². The Hall–Kier alpha value is -1.53. The Morgan fingerprint density at radius 2 is 2.16 bits per heavy atom. The van der Waals surface area contributed by atoms with E-state index in [-0.39, 0.29) is 11.6 Å². The van der Waals surface area contributed by atoms with Crippen LogP contribution in [0.5, 0.6) is 0 Å². The lowest BCUT2D eigenvalue weighted by Crippen LogP contribution is -2.42. The van der Waals surface area contributed by atoms with E-state index in [0.29, 0.717) is 24.2 Å². The molecule has 1 fully saturated rings. The molecule has 1 aliphatic carbocycles. The summed E-state index contributed by atoms with van der Waals surface area (Å²) in [6.07, 6.45) is 1.19. The molecular formula is C12H23N3O4. The molecule has 7 heteroatoms. The van der Waals surface area contributed by atoms with Gasteiger partial charge in [0.25, 0.3) is 0 Å². The highest BCUT2D eigenvalue weighted by Crippen LogP contribution is 2.39. The van der Waals surface area contributed by atoms with Crippen molar-refractivity contribution in [2.45, 2.75) is 58.6 Å². The molecule has 0 amide bonds.